The maximum Gasteiger partial charge on any atom is 0.229 e. The van der Waals surface area contributed by atoms with E-state index in [1.54, 1.807) is 23.1 Å². The van der Waals surface area contributed by atoms with Gasteiger partial charge in [-0.25, -0.2) is 0 Å². The summed E-state index contributed by atoms with van der Waals surface area (Å²) in [5.41, 5.74) is 0.394. The molecule has 0 bridgehead atoms. The van der Waals surface area contributed by atoms with Gasteiger partial charge in [-0.05, 0) is 25.0 Å². The highest BCUT2D eigenvalue weighted by Gasteiger charge is 2.36. The summed E-state index contributed by atoms with van der Waals surface area (Å²) in [7, 11) is 0. The molecule has 0 saturated carbocycles. The van der Waals surface area contributed by atoms with Crippen LogP contribution in [0.15, 0.2) is 18.2 Å². The first-order valence-corrected chi connectivity index (χ1v) is 8.44. The van der Waals surface area contributed by atoms with E-state index in [9.17, 15) is 9.59 Å². The van der Waals surface area contributed by atoms with E-state index in [0.29, 0.717) is 28.8 Å². The molecular formula is C16H18Cl2N2O3. The maximum atomic E-state index is 12.4. The molecule has 23 heavy (non-hydrogen) atoms. The van der Waals surface area contributed by atoms with Crippen LogP contribution in [0.3, 0.4) is 0 Å². The molecule has 1 N–H and O–H groups in total. The van der Waals surface area contributed by atoms with E-state index in [0.717, 1.165) is 19.4 Å². The summed E-state index contributed by atoms with van der Waals surface area (Å²) in [6.45, 7) is 1.73. The highest BCUT2D eigenvalue weighted by atomic mass is 35.5. The van der Waals surface area contributed by atoms with E-state index in [1.165, 1.54) is 0 Å². The summed E-state index contributed by atoms with van der Waals surface area (Å²) in [6, 6.07) is 5.03. The molecule has 5 nitrogen and oxygen atoms in total. The van der Waals surface area contributed by atoms with Crippen molar-refractivity contribution >= 4 is 40.7 Å². The Balaban J connectivity index is 1.61. The summed E-state index contributed by atoms with van der Waals surface area (Å²) >= 11 is 12.1. The van der Waals surface area contributed by atoms with Crippen LogP contribution in [0.5, 0.6) is 0 Å². The van der Waals surface area contributed by atoms with E-state index >= 15 is 0 Å². The molecule has 0 spiro atoms. The zero-order valence-electron chi connectivity index (χ0n) is 12.6. The van der Waals surface area contributed by atoms with Gasteiger partial charge in [-0.1, -0.05) is 29.3 Å². The Kier molecular flexibility index (Phi) is 5.09. The number of nitrogens with zero attached hydrogens (tertiary/aromatic N) is 1. The number of nitrogens with one attached hydrogen (secondary N) is 1. The molecular weight excluding hydrogens is 339 g/mol. The van der Waals surface area contributed by atoms with Gasteiger partial charge in [-0.2, -0.15) is 0 Å². The molecule has 2 fully saturated rings. The van der Waals surface area contributed by atoms with Crippen molar-refractivity contribution in [1.29, 1.82) is 0 Å². The lowest BCUT2D eigenvalue weighted by Crippen LogP contribution is -2.34. The largest absolute Gasteiger partial charge is 0.376 e. The number of amides is 2. The van der Waals surface area contributed by atoms with Gasteiger partial charge in [0.05, 0.1) is 27.8 Å². The fourth-order valence-electron chi connectivity index (χ4n) is 3.00. The van der Waals surface area contributed by atoms with E-state index in [1.807, 2.05) is 0 Å². The number of hydrogen-bond acceptors (Lipinski definition) is 3. The predicted octanol–water partition coefficient (Wildman–Crippen LogP) is 2.96. The van der Waals surface area contributed by atoms with Gasteiger partial charge in [-0.15, -0.1) is 0 Å². The zero-order valence-corrected chi connectivity index (χ0v) is 14.1. The topological polar surface area (TPSA) is 58.6 Å². The number of rotatable bonds is 4. The average Bonchev–Trinajstić information content (AvgIpc) is 3.14. The number of likely N-dealkylation sites (tertiary alicyclic amines) is 1. The van der Waals surface area contributed by atoms with Crippen LogP contribution in [-0.4, -0.2) is 42.5 Å². The van der Waals surface area contributed by atoms with Crippen LogP contribution in [0.4, 0.5) is 5.69 Å². The van der Waals surface area contributed by atoms with Crippen molar-refractivity contribution in [2.24, 2.45) is 5.92 Å². The Bertz CT molecular complexity index is 597. The first-order chi connectivity index (χ1) is 11.0. The second-order valence-corrected chi connectivity index (χ2v) is 6.74. The number of para-hydroxylation sites is 1. The lowest BCUT2D eigenvalue weighted by molar-refractivity contribution is -0.129. The van der Waals surface area contributed by atoms with E-state index in [2.05, 4.69) is 5.32 Å². The summed E-state index contributed by atoms with van der Waals surface area (Å²) in [5.74, 6) is -0.634. The van der Waals surface area contributed by atoms with E-state index in [4.69, 9.17) is 27.9 Å². The van der Waals surface area contributed by atoms with Crippen molar-refractivity contribution in [3.8, 4) is 0 Å². The molecule has 2 saturated heterocycles. The molecule has 2 atom stereocenters. The van der Waals surface area contributed by atoms with E-state index < -0.39 is 5.92 Å². The number of anilines is 1. The van der Waals surface area contributed by atoms with Crippen molar-refractivity contribution in [2.75, 3.05) is 25.0 Å². The second kappa shape index (κ2) is 7.07. The molecule has 2 aliphatic rings. The predicted molar refractivity (Wildman–Crippen MR) is 88.8 cm³/mol. The first-order valence-electron chi connectivity index (χ1n) is 7.69. The number of benzene rings is 1. The van der Waals surface area contributed by atoms with Crippen molar-refractivity contribution in [3.05, 3.63) is 28.2 Å². The van der Waals surface area contributed by atoms with Crippen molar-refractivity contribution in [3.63, 3.8) is 0 Å². The second-order valence-electron chi connectivity index (χ2n) is 5.92. The minimum Gasteiger partial charge on any atom is -0.376 e. The normalized spacial score (nSPS) is 24.3. The number of carbonyl (C=O) groups is 2. The SMILES string of the molecule is O=C(Nc1c(Cl)cccc1Cl)C1CC(=O)N(CC2CCCO2)C1. The molecule has 1 aromatic carbocycles. The third-order valence-electron chi connectivity index (χ3n) is 4.24. The zero-order chi connectivity index (χ0) is 16.4. The highest BCUT2D eigenvalue weighted by molar-refractivity contribution is 6.39. The third-order valence-corrected chi connectivity index (χ3v) is 4.87. The molecule has 2 heterocycles. The Morgan fingerprint density at radius 2 is 2.09 bits per heavy atom. The smallest absolute Gasteiger partial charge is 0.229 e. The van der Waals surface area contributed by atoms with Crippen molar-refractivity contribution < 1.29 is 14.3 Å². The van der Waals surface area contributed by atoms with Crippen LogP contribution in [0, 0.1) is 5.92 Å². The highest BCUT2D eigenvalue weighted by Crippen LogP contribution is 2.31. The Labute approximate surface area is 144 Å². The van der Waals surface area contributed by atoms with Gasteiger partial charge in [0.2, 0.25) is 11.8 Å². The molecule has 2 amide bonds. The summed E-state index contributed by atoms with van der Waals surface area (Å²) in [4.78, 5) is 26.2. The van der Waals surface area contributed by atoms with E-state index in [-0.39, 0.29) is 24.3 Å². The van der Waals surface area contributed by atoms with Crippen LogP contribution in [0.2, 0.25) is 10.0 Å². The maximum absolute atomic E-state index is 12.4. The fraction of sp³-hybridized carbons (Fsp3) is 0.500. The molecule has 0 aliphatic carbocycles. The molecule has 0 aromatic heterocycles. The number of hydrogen-bond donors (Lipinski definition) is 1. The molecule has 2 unspecified atom stereocenters. The number of halogens is 2. The molecule has 7 heteroatoms. The monoisotopic (exact) mass is 356 g/mol. The number of carbonyl (C=O) groups excluding carboxylic acids is 2. The number of ether oxygens (including phenoxy) is 1. The van der Waals surface area contributed by atoms with Gasteiger partial charge < -0.3 is 15.0 Å². The van der Waals surface area contributed by atoms with Gasteiger partial charge >= 0.3 is 0 Å². The van der Waals surface area contributed by atoms with Crippen LogP contribution in [0.1, 0.15) is 19.3 Å². The van der Waals surface area contributed by atoms with Gasteiger partial charge in [0.1, 0.15) is 0 Å². The average molecular weight is 357 g/mol. The van der Waals surface area contributed by atoms with Crippen LogP contribution in [-0.2, 0) is 14.3 Å². The Morgan fingerprint density at radius 1 is 1.35 bits per heavy atom. The van der Waals surface area contributed by atoms with Gasteiger partial charge in [-0.3, -0.25) is 9.59 Å². The van der Waals surface area contributed by atoms with Crippen LogP contribution in [0.25, 0.3) is 0 Å². The minimum absolute atomic E-state index is 0.00842. The van der Waals surface area contributed by atoms with Gasteiger partial charge in [0, 0.05) is 26.1 Å². The van der Waals surface area contributed by atoms with Crippen molar-refractivity contribution in [1.82, 2.24) is 4.90 Å². The van der Waals surface area contributed by atoms with Crippen LogP contribution < -0.4 is 5.32 Å². The molecule has 0 radical (unpaired) electrons. The lowest BCUT2D eigenvalue weighted by atomic mass is 10.1. The van der Waals surface area contributed by atoms with Crippen LogP contribution >= 0.6 is 23.2 Å². The summed E-state index contributed by atoms with van der Waals surface area (Å²) in [5, 5.41) is 3.50. The summed E-state index contributed by atoms with van der Waals surface area (Å²) < 4.78 is 5.56. The van der Waals surface area contributed by atoms with Crippen molar-refractivity contribution in [2.45, 2.75) is 25.4 Å². The van der Waals surface area contributed by atoms with Gasteiger partial charge in [0.15, 0.2) is 0 Å². The summed E-state index contributed by atoms with van der Waals surface area (Å²) in [6.07, 6.45) is 2.30. The lowest BCUT2D eigenvalue weighted by Gasteiger charge is -2.20. The minimum atomic E-state index is -0.392. The molecule has 124 valence electrons. The first kappa shape index (κ1) is 16.6. The quantitative estimate of drug-likeness (QED) is 0.901. The fourth-order valence-corrected chi connectivity index (χ4v) is 3.49. The Morgan fingerprint density at radius 3 is 2.74 bits per heavy atom. The molecule has 1 aromatic rings. The van der Waals surface area contributed by atoms with Gasteiger partial charge in [0.25, 0.3) is 0 Å². The molecule has 3 rings (SSSR count). The Hall–Kier alpha value is -1.30. The molecule has 2 aliphatic heterocycles. The standard InChI is InChI=1S/C16H18Cl2N2O3/c17-12-4-1-5-13(18)15(12)19-16(22)10-7-14(21)20(8-10)9-11-3-2-6-23-11/h1,4-5,10-11H,2-3,6-9H2,(H,19,22). The third kappa shape index (κ3) is 3.79.